The number of aliphatic imine (C=N–C) groups is 1. The van der Waals surface area contributed by atoms with Crippen LogP contribution < -0.4 is 15.4 Å². The Hall–Kier alpha value is -1.56. The van der Waals surface area contributed by atoms with Gasteiger partial charge in [0.2, 0.25) is 0 Å². The molecule has 10 heteroatoms. The number of nitrogens with one attached hydrogen (secondary N) is 2. The van der Waals surface area contributed by atoms with E-state index in [2.05, 4.69) is 44.2 Å². The van der Waals surface area contributed by atoms with Gasteiger partial charge in [-0.15, -0.1) is 34.2 Å². The molecule has 0 radical (unpaired) electrons. The van der Waals surface area contributed by atoms with E-state index in [9.17, 15) is 4.39 Å². The van der Waals surface area contributed by atoms with Gasteiger partial charge >= 0.3 is 0 Å². The van der Waals surface area contributed by atoms with Gasteiger partial charge in [-0.25, -0.2) is 4.39 Å². The molecule has 2 rings (SSSR count). The molecule has 1 atom stereocenters. The minimum Gasteiger partial charge on any atom is -0.486 e. The molecule has 0 aliphatic carbocycles. The first-order valence-corrected chi connectivity index (χ1v) is 11.5. The molecule has 1 aromatic heterocycles. The van der Waals surface area contributed by atoms with Crippen molar-refractivity contribution in [2.24, 2.45) is 10.9 Å². The standard InChI is InChI=1S/C21H33FN6OS.HI/c1-15(2)14-28-19(26-27-21(28)30-5)11-8-12-24-20(23-4)25-13-16(3)29-18-10-7-6-9-17(18)22;/h6-7,9-10,15-16H,8,11-14H2,1-5H3,(H2,23,24,25);1H. The van der Waals surface area contributed by atoms with Crippen molar-refractivity contribution in [1.82, 2.24) is 25.4 Å². The summed E-state index contributed by atoms with van der Waals surface area (Å²) in [6, 6.07) is 6.41. The summed E-state index contributed by atoms with van der Waals surface area (Å²) < 4.78 is 21.5. The Labute approximate surface area is 206 Å². The molecule has 1 aromatic carbocycles. The zero-order valence-corrected chi connectivity index (χ0v) is 22.0. The Balaban J connectivity index is 0.00000480. The van der Waals surface area contributed by atoms with Gasteiger partial charge in [0.05, 0.1) is 6.54 Å². The van der Waals surface area contributed by atoms with Gasteiger partial charge in [0.1, 0.15) is 11.9 Å². The summed E-state index contributed by atoms with van der Waals surface area (Å²) in [6.07, 6.45) is 3.57. The van der Waals surface area contributed by atoms with E-state index in [4.69, 9.17) is 4.74 Å². The van der Waals surface area contributed by atoms with E-state index >= 15 is 0 Å². The van der Waals surface area contributed by atoms with Crippen LogP contribution in [0.5, 0.6) is 5.75 Å². The molecule has 31 heavy (non-hydrogen) atoms. The zero-order chi connectivity index (χ0) is 21.9. The molecule has 2 N–H and O–H groups in total. The van der Waals surface area contributed by atoms with E-state index in [-0.39, 0.29) is 41.6 Å². The molecule has 2 aromatic rings. The smallest absolute Gasteiger partial charge is 0.191 e. The Bertz CT molecular complexity index is 817. The molecule has 1 unspecified atom stereocenters. The molecule has 0 saturated carbocycles. The van der Waals surface area contributed by atoms with Crippen LogP contribution in [0.1, 0.15) is 33.0 Å². The molecule has 0 spiro atoms. The highest BCUT2D eigenvalue weighted by Crippen LogP contribution is 2.17. The number of nitrogens with zero attached hydrogens (tertiary/aromatic N) is 4. The summed E-state index contributed by atoms with van der Waals surface area (Å²) in [5.74, 6) is 2.14. The monoisotopic (exact) mass is 564 g/mol. The highest BCUT2D eigenvalue weighted by molar-refractivity contribution is 14.0. The number of rotatable bonds is 11. The maximum atomic E-state index is 13.7. The molecular formula is C21H34FIN6OS. The first kappa shape index (κ1) is 27.5. The van der Waals surface area contributed by atoms with Gasteiger partial charge in [0.15, 0.2) is 22.7 Å². The van der Waals surface area contributed by atoms with Crippen molar-refractivity contribution < 1.29 is 9.13 Å². The molecule has 0 fully saturated rings. The lowest BCUT2D eigenvalue weighted by Gasteiger charge is -2.18. The fourth-order valence-electron chi connectivity index (χ4n) is 2.92. The van der Waals surface area contributed by atoms with Crippen molar-refractivity contribution in [1.29, 1.82) is 0 Å². The topological polar surface area (TPSA) is 76.4 Å². The average molecular weight is 565 g/mol. The maximum absolute atomic E-state index is 13.7. The second-order valence-corrected chi connectivity index (χ2v) is 8.22. The molecule has 0 bridgehead atoms. The van der Waals surface area contributed by atoms with E-state index in [0.717, 1.165) is 36.9 Å². The first-order valence-electron chi connectivity index (χ1n) is 10.3. The Morgan fingerprint density at radius 1 is 1.23 bits per heavy atom. The number of hydrogen-bond donors (Lipinski definition) is 2. The molecule has 1 heterocycles. The minimum atomic E-state index is -0.359. The lowest BCUT2D eigenvalue weighted by Crippen LogP contribution is -2.42. The number of guanidine groups is 1. The van der Waals surface area contributed by atoms with Crippen LogP contribution >= 0.6 is 35.7 Å². The number of para-hydroxylation sites is 1. The molecule has 0 saturated heterocycles. The van der Waals surface area contributed by atoms with E-state index < -0.39 is 0 Å². The number of halogens is 2. The van der Waals surface area contributed by atoms with Crippen LogP contribution in [-0.4, -0.2) is 53.2 Å². The first-order chi connectivity index (χ1) is 14.4. The number of aromatic nitrogens is 3. The van der Waals surface area contributed by atoms with Crippen LogP contribution in [-0.2, 0) is 13.0 Å². The predicted octanol–water partition coefficient (Wildman–Crippen LogP) is 3.98. The normalized spacial score (nSPS) is 12.4. The van der Waals surface area contributed by atoms with Crippen molar-refractivity contribution in [3.63, 3.8) is 0 Å². The Morgan fingerprint density at radius 3 is 2.61 bits per heavy atom. The van der Waals surface area contributed by atoms with Crippen LogP contribution in [0.2, 0.25) is 0 Å². The zero-order valence-electron chi connectivity index (χ0n) is 18.9. The van der Waals surface area contributed by atoms with E-state index in [1.807, 2.05) is 13.2 Å². The quantitative estimate of drug-likeness (QED) is 0.142. The van der Waals surface area contributed by atoms with Gasteiger partial charge in [0, 0.05) is 26.6 Å². The fourth-order valence-corrected chi connectivity index (χ4v) is 3.44. The highest BCUT2D eigenvalue weighted by atomic mass is 127. The van der Waals surface area contributed by atoms with Crippen LogP contribution in [0, 0.1) is 11.7 Å². The summed E-state index contributed by atoms with van der Waals surface area (Å²) in [4.78, 5) is 4.23. The second-order valence-electron chi connectivity index (χ2n) is 7.45. The lowest BCUT2D eigenvalue weighted by atomic mass is 10.2. The van der Waals surface area contributed by atoms with Gasteiger partial charge in [-0.05, 0) is 37.7 Å². The summed E-state index contributed by atoms with van der Waals surface area (Å²) in [7, 11) is 1.72. The Kier molecular flexibility index (Phi) is 12.8. The second kappa shape index (κ2) is 14.5. The lowest BCUT2D eigenvalue weighted by molar-refractivity contribution is 0.214. The molecule has 0 aliphatic heterocycles. The number of benzene rings is 1. The summed E-state index contributed by atoms with van der Waals surface area (Å²) in [5, 5.41) is 16.1. The van der Waals surface area contributed by atoms with E-state index in [0.29, 0.717) is 18.4 Å². The maximum Gasteiger partial charge on any atom is 0.191 e. The van der Waals surface area contributed by atoms with E-state index in [1.54, 1.807) is 37.0 Å². The average Bonchev–Trinajstić information content (AvgIpc) is 3.10. The van der Waals surface area contributed by atoms with E-state index in [1.165, 1.54) is 6.07 Å². The summed E-state index contributed by atoms with van der Waals surface area (Å²) in [5.41, 5.74) is 0. The van der Waals surface area contributed by atoms with Crippen LogP contribution in [0.15, 0.2) is 34.4 Å². The van der Waals surface area contributed by atoms with Gasteiger partial charge in [-0.2, -0.15) is 0 Å². The van der Waals surface area contributed by atoms with Crippen molar-refractivity contribution in [3.8, 4) is 5.75 Å². The molecular weight excluding hydrogens is 530 g/mol. The Morgan fingerprint density at radius 2 is 1.97 bits per heavy atom. The highest BCUT2D eigenvalue weighted by Gasteiger charge is 2.13. The van der Waals surface area contributed by atoms with Gasteiger partial charge < -0.3 is 19.9 Å². The number of aryl methyl sites for hydroxylation is 1. The third kappa shape index (κ3) is 9.22. The van der Waals surface area contributed by atoms with Crippen LogP contribution in [0.25, 0.3) is 0 Å². The number of ether oxygens (including phenoxy) is 1. The molecule has 174 valence electrons. The molecule has 0 aliphatic rings. The van der Waals surface area contributed by atoms with Crippen LogP contribution in [0.4, 0.5) is 4.39 Å². The van der Waals surface area contributed by atoms with Crippen LogP contribution in [0.3, 0.4) is 0 Å². The number of hydrogen-bond acceptors (Lipinski definition) is 5. The number of thioether (sulfide) groups is 1. The van der Waals surface area contributed by atoms with Gasteiger partial charge in [0.25, 0.3) is 0 Å². The van der Waals surface area contributed by atoms with Crippen molar-refractivity contribution in [2.75, 3.05) is 26.4 Å². The third-order valence-corrected chi connectivity index (χ3v) is 5.01. The van der Waals surface area contributed by atoms with Crippen molar-refractivity contribution in [2.45, 2.75) is 51.4 Å². The van der Waals surface area contributed by atoms with Crippen molar-refractivity contribution >= 4 is 41.7 Å². The summed E-state index contributed by atoms with van der Waals surface area (Å²) in [6.45, 7) is 8.47. The SMILES string of the molecule is CN=C(NCCCc1nnc(SC)n1CC(C)C)NCC(C)Oc1ccccc1F.I. The minimum absolute atomic E-state index is 0. The van der Waals surface area contributed by atoms with Gasteiger partial charge in [-0.3, -0.25) is 4.99 Å². The summed E-state index contributed by atoms with van der Waals surface area (Å²) >= 11 is 1.63. The fraction of sp³-hybridized carbons (Fsp3) is 0.571. The molecule has 0 amide bonds. The third-order valence-electron chi connectivity index (χ3n) is 4.34. The van der Waals surface area contributed by atoms with Gasteiger partial charge in [-0.1, -0.05) is 37.7 Å². The molecule has 7 nitrogen and oxygen atoms in total. The van der Waals surface area contributed by atoms with Crippen molar-refractivity contribution in [3.05, 3.63) is 35.9 Å². The largest absolute Gasteiger partial charge is 0.486 e. The predicted molar refractivity (Wildman–Crippen MR) is 136 cm³/mol.